The second kappa shape index (κ2) is 9.36. The number of hydrogen-bond acceptors (Lipinski definition) is 5. The summed E-state index contributed by atoms with van der Waals surface area (Å²) in [7, 11) is 3.11. The number of ether oxygens (including phenoxy) is 2. The van der Waals surface area contributed by atoms with Crippen LogP contribution >= 0.6 is 11.6 Å². The lowest BCUT2D eigenvalue weighted by molar-refractivity contribution is -0.139. The first-order valence-electron chi connectivity index (χ1n) is 9.59. The van der Waals surface area contributed by atoms with Crippen LogP contribution in [-0.2, 0) is 16.0 Å². The predicted molar refractivity (Wildman–Crippen MR) is 115 cm³/mol. The predicted octanol–water partition coefficient (Wildman–Crippen LogP) is 3.68. The van der Waals surface area contributed by atoms with Crippen LogP contribution in [0.25, 0.3) is 0 Å². The highest BCUT2D eigenvalue weighted by Crippen LogP contribution is 2.39. The van der Waals surface area contributed by atoms with Crippen LogP contribution in [-0.4, -0.2) is 49.2 Å². The van der Waals surface area contributed by atoms with Crippen molar-refractivity contribution in [3.8, 4) is 11.5 Å². The number of carboxylic acid groups (broad SMARTS) is 1. The van der Waals surface area contributed by atoms with Gasteiger partial charge in [0.15, 0.2) is 11.5 Å². The lowest BCUT2D eigenvalue weighted by Crippen LogP contribution is -2.41. The van der Waals surface area contributed by atoms with Gasteiger partial charge >= 0.3 is 5.97 Å². The minimum absolute atomic E-state index is 0.0671. The zero-order valence-electron chi connectivity index (χ0n) is 17.2. The molecule has 2 aromatic carbocycles. The molecule has 1 amide bonds. The second-order valence-corrected chi connectivity index (χ2v) is 7.61. The number of carbonyl (C=O) groups is 2. The van der Waals surface area contributed by atoms with Crippen molar-refractivity contribution >= 4 is 29.2 Å². The standard InChI is InChI=1S/C22H25ClN2O5/c1-13-16(23)5-4-6-17(13)24-21(26)12-25-8-7-14-9-19(29-2)20(30-3)10-15(14)18(25)11-22(27)28/h4-6,9-10,18H,7-8,11-12H2,1-3H3,(H,24,26)(H,27,28). The van der Waals surface area contributed by atoms with Crippen LogP contribution < -0.4 is 14.8 Å². The first-order chi connectivity index (χ1) is 14.3. The Kier molecular flexibility index (Phi) is 6.84. The highest BCUT2D eigenvalue weighted by atomic mass is 35.5. The highest BCUT2D eigenvalue weighted by Gasteiger charge is 2.32. The van der Waals surface area contributed by atoms with E-state index in [4.69, 9.17) is 21.1 Å². The molecule has 1 aliphatic rings. The number of amides is 1. The van der Waals surface area contributed by atoms with E-state index in [9.17, 15) is 14.7 Å². The number of fused-ring (bicyclic) bond motifs is 1. The van der Waals surface area contributed by atoms with Crippen LogP contribution in [0, 0.1) is 6.92 Å². The molecular formula is C22H25ClN2O5. The number of hydrogen-bond donors (Lipinski definition) is 2. The number of anilines is 1. The Balaban J connectivity index is 1.85. The van der Waals surface area contributed by atoms with E-state index in [1.54, 1.807) is 25.3 Å². The Labute approximate surface area is 180 Å². The molecule has 30 heavy (non-hydrogen) atoms. The van der Waals surface area contributed by atoms with E-state index in [2.05, 4.69) is 5.32 Å². The normalized spacial score (nSPS) is 15.9. The molecule has 0 saturated carbocycles. The third-order valence-electron chi connectivity index (χ3n) is 5.37. The molecule has 0 radical (unpaired) electrons. The maximum atomic E-state index is 12.7. The van der Waals surface area contributed by atoms with Gasteiger partial charge in [-0.25, -0.2) is 0 Å². The number of nitrogens with zero attached hydrogens (tertiary/aromatic N) is 1. The largest absolute Gasteiger partial charge is 0.493 e. The van der Waals surface area contributed by atoms with Crippen LogP contribution in [0.4, 0.5) is 5.69 Å². The molecule has 1 aliphatic heterocycles. The Morgan fingerprint density at radius 3 is 2.60 bits per heavy atom. The van der Waals surface area contributed by atoms with E-state index in [0.29, 0.717) is 35.2 Å². The molecule has 0 aliphatic carbocycles. The van der Waals surface area contributed by atoms with Gasteiger partial charge in [-0.3, -0.25) is 14.5 Å². The molecule has 3 rings (SSSR count). The van der Waals surface area contributed by atoms with E-state index in [1.165, 1.54) is 7.11 Å². The highest BCUT2D eigenvalue weighted by molar-refractivity contribution is 6.31. The van der Waals surface area contributed by atoms with E-state index in [-0.39, 0.29) is 18.9 Å². The van der Waals surface area contributed by atoms with Crippen molar-refractivity contribution in [1.29, 1.82) is 0 Å². The average Bonchev–Trinajstić information content (AvgIpc) is 2.71. The fourth-order valence-corrected chi connectivity index (χ4v) is 3.97. The molecule has 1 heterocycles. The van der Waals surface area contributed by atoms with Gasteiger partial charge in [-0.05, 0) is 54.3 Å². The SMILES string of the molecule is COc1cc2c(cc1OC)C(CC(=O)O)N(CC(=O)Nc1cccc(Cl)c1C)CC2. The molecule has 8 heteroatoms. The summed E-state index contributed by atoms with van der Waals surface area (Å²) in [6.07, 6.45) is 0.557. The molecule has 0 saturated heterocycles. The van der Waals surface area contributed by atoms with Crippen LogP contribution in [0.2, 0.25) is 5.02 Å². The summed E-state index contributed by atoms with van der Waals surface area (Å²) in [6, 6.07) is 8.57. The average molecular weight is 433 g/mol. The lowest BCUT2D eigenvalue weighted by Gasteiger charge is -2.36. The molecule has 0 aromatic heterocycles. The third-order valence-corrected chi connectivity index (χ3v) is 5.78. The topological polar surface area (TPSA) is 88.1 Å². The first kappa shape index (κ1) is 21.9. The van der Waals surface area contributed by atoms with E-state index >= 15 is 0 Å². The van der Waals surface area contributed by atoms with Crippen molar-refractivity contribution in [2.45, 2.75) is 25.8 Å². The summed E-state index contributed by atoms with van der Waals surface area (Å²) in [4.78, 5) is 26.2. The van der Waals surface area contributed by atoms with Crippen molar-refractivity contribution in [3.05, 3.63) is 52.0 Å². The summed E-state index contributed by atoms with van der Waals surface area (Å²) in [5.74, 6) is -0.0150. The van der Waals surface area contributed by atoms with E-state index < -0.39 is 12.0 Å². The number of aliphatic carboxylic acids is 1. The zero-order valence-corrected chi connectivity index (χ0v) is 18.0. The fraction of sp³-hybridized carbons (Fsp3) is 0.364. The van der Waals surface area contributed by atoms with Crippen molar-refractivity contribution in [2.75, 3.05) is 32.6 Å². The number of benzene rings is 2. The van der Waals surface area contributed by atoms with Gasteiger partial charge in [0, 0.05) is 23.3 Å². The number of methoxy groups -OCH3 is 2. The smallest absolute Gasteiger partial charge is 0.305 e. The summed E-state index contributed by atoms with van der Waals surface area (Å²) < 4.78 is 10.8. The molecular weight excluding hydrogens is 408 g/mol. The quantitative estimate of drug-likeness (QED) is 0.694. The summed E-state index contributed by atoms with van der Waals surface area (Å²) >= 11 is 6.13. The van der Waals surface area contributed by atoms with Crippen molar-refractivity contribution < 1.29 is 24.2 Å². The van der Waals surface area contributed by atoms with Gasteiger partial charge in [-0.15, -0.1) is 0 Å². The minimum Gasteiger partial charge on any atom is -0.493 e. The van der Waals surface area contributed by atoms with Crippen LogP contribution in [0.3, 0.4) is 0 Å². The van der Waals surface area contributed by atoms with Gasteiger partial charge in [0.2, 0.25) is 5.91 Å². The molecule has 0 bridgehead atoms. The number of nitrogens with one attached hydrogen (secondary N) is 1. The molecule has 0 fully saturated rings. The first-order valence-corrected chi connectivity index (χ1v) is 9.97. The Morgan fingerprint density at radius 1 is 1.23 bits per heavy atom. The van der Waals surface area contributed by atoms with Crippen molar-refractivity contribution in [1.82, 2.24) is 4.90 Å². The molecule has 1 unspecified atom stereocenters. The Hall–Kier alpha value is -2.77. The lowest BCUT2D eigenvalue weighted by atomic mass is 9.90. The zero-order chi connectivity index (χ0) is 21.8. The van der Waals surface area contributed by atoms with Crippen LogP contribution in [0.5, 0.6) is 11.5 Å². The molecule has 0 spiro atoms. The fourth-order valence-electron chi connectivity index (χ4n) is 3.79. The minimum atomic E-state index is -0.932. The van der Waals surface area contributed by atoms with Gasteiger partial charge in [0.1, 0.15) is 0 Å². The Bertz CT molecular complexity index is 963. The summed E-state index contributed by atoms with van der Waals surface area (Å²) in [5, 5.41) is 12.9. The molecule has 2 N–H and O–H groups in total. The molecule has 2 aromatic rings. The van der Waals surface area contributed by atoms with Gasteiger partial charge < -0.3 is 19.9 Å². The molecule has 160 valence electrons. The summed E-state index contributed by atoms with van der Waals surface area (Å²) in [5.41, 5.74) is 3.27. The van der Waals surface area contributed by atoms with Gasteiger partial charge in [-0.1, -0.05) is 17.7 Å². The van der Waals surface area contributed by atoms with Gasteiger partial charge in [0.25, 0.3) is 0 Å². The number of rotatable bonds is 7. The van der Waals surface area contributed by atoms with Gasteiger partial charge in [-0.2, -0.15) is 0 Å². The number of halogens is 1. The molecule has 7 nitrogen and oxygen atoms in total. The number of carboxylic acids is 1. The van der Waals surface area contributed by atoms with E-state index in [0.717, 1.165) is 16.7 Å². The maximum absolute atomic E-state index is 12.7. The second-order valence-electron chi connectivity index (χ2n) is 7.20. The molecule has 1 atom stereocenters. The van der Waals surface area contributed by atoms with E-state index in [1.807, 2.05) is 24.0 Å². The monoisotopic (exact) mass is 432 g/mol. The maximum Gasteiger partial charge on any atom is 0.305 e. The number of carbonyl (C=O) groups excluding carboxylic acids is 1. The van der Waals surface area contributed by atoms with Gasteiger partial charge in [0.05, 0.1) is 27.2 Å². The van der Waals surface area contributed by atoms with Crippen molar-refractivity contribution in [3.63, 3.8) is 0 Å². The van der Waals surface area contributed by atoms with Crippen LogP contribution in [0.1, 0.15) is 29.2 Å². The Morgan fingerprint density at radius 2 is 1.93 bits per heavy atom. The summed E-state index contributed by atoms with van der Waals surface area (Å²) in [6.45, 7) is 2.46. The third kappa shape index (κ3) is 4.68. The van der Waals surface area contributed by atoms with Crippen molar-refractivity contribution in [2.24, 2.45) is 0 Å². The van der Waals surface area contributed by atoms with Crippen LogP contribution in [0.15, 0.2) is 30.3 Å².